The monoisotopic (exact) mass is 739 g/mol. The van der Waals surface area contributed by atoms with E-state index in [1.807, 2.05) is 4.68 Å². The van der Waals surface area contributed by atoms with Crippen molar-refractivity contribution in [3.63, 3.8) is 0 Å². The number of aryl methyl sites for hydroxylation is 1. The van der Waals surface area contributed by atoms with Crippen LogP contribution in [0.15, 0.2) is 23.1 Å². The minimum atomic E-state index is -4.50. The molecule has 1 atom stereocenters. The van der Waals surface area contributed by atoms with Crippen LogP contribution < -0.4 is 5.32 Å². The zero-order valence-electron chi connectivity index (χ0n) is 29.4. The molecular formula is C35H52F3N7O3S2. The zero-order valence-corrected chi connectivity index (χ0v) is 31.0. The summed E-state index contributed by atoms with van der Waals surface area (Å²) in [6, 6.07) is 5.03. The van der Waals surface area contributed by atoms with Gasteiger partial charge in [-0.3, -0.25) is 14.4 Å². The number of alkyl halides is 3. The van der Waals surface area contributed by atoms with Crippen molar-refractivity contribution in [2.75, 3.05) is 70.9 Å². The van der Waals surface area contributed by atoms with Gasteiger partial charge in [0.05, 0.1) is 17.5 Å². The Hall–Kier alpha value is -2.17. The summed E-state index contributed by atoms with van der Waals surface area (Å²) in [5.74, 6) is 0.775. The number of rotatable bonds is 14. The summed E-state index contributed by atoms with van der Waals surface area (Å²) in [4.78, 5) is 19.3. The van der Waals surface area contributed by atoms with Crippen LogP contribution in [0.25, 0.3) is 11.3 Å². The van der Waals surface area contributed by atoms with Crippen LogP contribution in [0.5, 0.6) is 0 Å². The number of nitrogens with one attached hydrogen (secondary N) is 1. The summed E-state index contributed by atoms with van der Waals surface area (Å²) in [6.07, 6.45) is 3.95. The Morgan fingerprint density at radius 1 is 1.02 bits per heavy atom. The van der Waals surface area contributed by atoms with Crippen molar-refractivity contribution < 1.29 is 26.4 Å². The summed E-state index contributed by atoms with van der Waals surface area (Å²) in [7, 11) is -3.47. The number of carbonyl (C=O) groups excluding carboxylic acids is 1. The maximum Gasteiger partial charge on any atom is 0.417 e. The van der Waals surface area contributed by atoms with E-state index in [1.165, 1.54) is 34.8 Å². The van der Waals surface area contributed by atoms with E-state index in [2.05, 4.69) is 26.9 Å². The van der Waals surface area contributed by atoms with E-state index in [-0.39, 0.29) is 17.3 Å². The van der Waals surface area contributed by atoms with Gasteiger partial charge >= 0.3 is 6.18 Å². The number of aromatic nitrogens is 2. The number of carbonyl (C=O) groups is 1. The third kappa shape index (κ3) is 8.88. The number of nitrogens with zero attached hydrogens (tertiary/aromatic N) is 6. The van der Waals surface area contributed by atoms with E-state index in [0.717, 1.165) is 95.2 Å². The number of benzene rings is 1. The highest BCUT2D eigenvalue weighted by Gasteiger charge is 2.35. The standard InChI is InChI=1S/C35H52F3N7O3S2/c1-3-42-16-4-7-28(42)24-39-14-22-49-32-23-26(9-10-30(32)35(36,37)38)34-29-25-43(50(2,47)48)21-13-31(29)45(40-34)18-6-15-41-19-11-27(12-20-41)44-17-5-8-33(44)46/h9-10,23,27-28,39H,3-8,11-22,24-25H2,1-2H3. The zero-order chi connectivity index (χ0) is 35.5. The van der Waals surface area contributed by atoms with Gasteiger partial charge in [-0.2, -0.15) is 22.6 Å². The number of halogens is 3. The highest BCUT2D eigenvalue weighted by atomic mass is 32.2. The molecule has 5 heterocycles. The average Bonchev–Trinajstić information content (AvgIpc) is 3.82. The lowest BCUT2D eigenvalue weighted by molar-refractivity contribution is -0.139. The third-order valence-corrected chi connectivity index (χ3v) is 13.2. The van der Waals surface area contributed by atoms with Crippen molar-refractivity contribution in [3.8, 4) is 11.3 Å². The van der Waals surface area contributed by atoms with Gasteiger partial charge in [-0.05, 0) is 70.3 Å². The van der Waals surface area contributed by atoms with E-state index >= 15 is 0 Å². The van der Waals surface area contributed by atoms with E-state index in [0.29, 0.717) is 61.6 Å². The maximum absolute atomic E-state index is 14.2. The molecule has 2 aromatic rings. The molecule has 4 aliphatic rings. The second-order valence-corrected chi connectivity index (χ2v) is 17.3. The molecule has 0 spiro atoms. The number of likely N-dealkylation sites (tertiary alicyclic amines) is 3. The number of hydrogen-bond donors (Lipinski definition) is 1. The van der Waals surface area contributed by atoms with Gasteiger partial charge in [0.2, 0.25) is 15.9 Å². The van der Waals surface area contributed by atoms with E-state index in [4.69, 9.17) is 5.10 Å². The molecule has 1 amide bonds. The Morgan fingerprint density at radius 3 is 2.52 bits per heavy atom. The summed E-state index contributed by atoms with van der Waals surface area (Å²) in [5.41, 5.74) is 2.19. The minimum absolute atomic E-state index is 0.148. The fraction of sp³-hybridized carbons (Fsp3) is 0.714. The first-order valence-corrected chi connectivity index (χ1v) is 21.1. The van der Waals surface area contributed by atoms with Crippen LogP contribution >= 0.6 is 11.8 Å². The Labute approximate surface area is 299 Å². The van der Waals surface area contributed by atoms with Crippen LogP contribution in [-0.4, -0.2) is 126 Å². The summed E-state index contributed by atoms with van der Waals surface area (Å²) >= 11 is 1.19. The molecule has 0 saturated carbocycles. The lowest BCUT2D eigenvalue weighted by Crippen LogP contribution is -2.45. The van der Waals surface area contributed by atoms with Gasteiger partial charge in [0, 0.05) is 105 Å². The van der Waals surface area contributed by atoms with Crippen LogP contribution in [0, 0.1) is 0 Å². The first-order chi connectivity index (χ1) is 23.9. The fourth-order valence-corrected chi connectivity index (χ4v) is 9.99. The maximum atomic E-state index is 14.2. The average molecular weight is 740 g/mol. The third-order valence-electron chi connectivity index (χ3n) is 10.9. The molecule has 10 nitrogen and oxygen atoms in total. The lowest BCUT2D eigenvalue weighted by atomic mass is 10.0. The quantitative estimate of drug-likeness (QED) is 0.224. The van der Waals surface area contributed by atoms with Gasteiger partial charge in [0.15, 0.2) is 0 Å². The van der Waals surface area contributed by atoms with Crippen LogP contribution in [0.4, 0.5) is 13.2 Å². The van der Waals surface area contributed by atoms with Crippen molar-refractivity contribution in [1.82, 2.24) is 34.1 Å². The first-order valence-electron chi connectivity index (χ1n) is 18.3. The number of likely N-dealkylation sites (N-methyl/N-ethyl adjacent to an activating group) is 1. The summed E-state index contributed by atoms with van der Waals surface area (Å²) in [6.45, 7) is 10.5. The molecule has 1 unspecified atom stereocenters. The van der Waals surface area contributed by atoms with Gasteiger partial charge in [-0.15, -0.1) is 11.8 Å². The predicted octanol–water partition coefficient (Wildman–Crippen LogP) is 4.53. The molecule has 3 saturated heterocycles. The van der Waals surface area contributed by atoms with Crippen molar-refractivity contribution in [3.05, 3.63) is 35.0 Å². The lowest BCUT2D eigenvalue weighted by Gasteiger charge is -2.36. The van der Waals surface area contributed by atoms with Crippen LogP contribution in [-0.2, 0) is 40.5 Å². The molecule has 0 aliphatic carbocycles. The number of amides is 1. The van der Waals surface area contributed by atoms with E-state index in [9.17, 15) is 26.4 Å². The minimum Gasteiger partial charge on any atom is -0.340 e. The summed E-state index contributed by atoms with van der Waals surface area (Å²) < 4.78 is 71.0. The van der Waals surface area contributed by atoms with Crippen molar-refractivity contribution >= 4 is 27.7 Å². The SMILES string of the molecule is CCN1CCCC1CNCCSc1cc(-c2nn(CCCN3CCC(N4CCCC4=O)CC3)c3c2CN(S(C)(=O)=O)CC3)ccc1C(F)(F)F. The second-order valence-electron chi connectivity index (χ2n) is 14.1. The molecule has 1 N–H and O–H groups in total. The van der Waals surface area contributed by atoms with Crippen molar-refractivity contribution in [2.45, 2.75) is 94.5 Å². The Balaban J connectivity index is 1.15. The van der Waals surface area contributed by atoms with E-state index in [1.54, 1.807) is 6.07 Å². The summed E-state index contributed by atoms with van der Waals surface area (Å²) in [5, 5.41) is 8.41. The first kappa shape index (κ1) is 37.6. The highest BCUT2D eigenvalue weighted by molar-refractivity contribution is 7.99. The number of piperidine rings is 1. The molecule has 1 aromatic heterocycles. The van der Waals surface area contributed by atoms with Gasteiger partial charge in [0.25, 0.3) is 0 Å². The van der Waals surface area contributed by atoms with Crippen LogP contribution in [0.2, 0.25) is 0 Å². The number of hydrogen-bond acceptors (Lipinski definition) is 8. The van der Waals surface area contributed by atoms with Gasteiger partial charge in [-0.25, -0.2) is 8.42 Å². The molecule has 0 radical (unpaired) electrons. The molecule has 15 heteroatoms. The molecule has 0 bridgehead atoms. The molecule has 1 aromatic carbocycles. The Kier molecular flexibility index (Phi) is 12.2. The van der Waals surface area contributed by atoms with Crippen LogP contribution in [0.1, 0.15) is 68.7 Å². The molecule has 50 heavy (non-hydrogen) atoms. The van der Waals surface area contributed by atoms with E-state index < -0.39 is 21.8 Å². The highest BCUT2D eigenvalue weighted by Crippen LogP contribution is 2.40. The number of thioether (sulfide) groups is 1. The van der Waals surface area contributed by atoms with Gasteiger partial charge in [-0.1, -0.05) is 13.0 Å². The van der Waals surface area contributed by atoms with Crippen molar-refractivity contribution in [2.24, 2.45) is 0 Å². The molecule has 6 rings (SSSR count). The second kappa shape index (κ2) is 16.2. The Bertz CT molecular complexity index is 1590. The topological polar surface area (TPSA) is 94.0 Å². The number of sulfonamides is 1. The van der Waals surface area contributed by atoms with Crippen molar-refractivity contribution in [1.29, 1.82) is 0 Å². The van der Waals surface area contributed by atoms with Gasteiger partial charge < -0.3 is 15.1 Å². The molecule has 3 fully saturated rings. The fourth-order valence-electron chi connectivity index (χ4n) is 8.19. The normalized spacial score (nSPS) is 21.8. The predicted molar refractivity (Wildman–Crippen MR) is 191 cm³/mol. The molecular weight excluding hydrogens is 688 g/mol. The number of fused-ring (bicyclic) bond motifs is 1. The Morgan fingerprint density at radius 2 is 1.82 bits per heavy atom. The smallest absolute Gasteiger partial charge is 0.340 e. The van der Waals surface area contributed by atoms with Crippen LogP contribution in [0.3, 0.4) is 0 Å². The van der Waals surface area contributed by atoms with Gasteiger partial charge in [0.1, 0.15) is 0 Å². The molecule has 278 valence electrons. The molecule has 4 aliphatic heterocycles. The largest absolute Gasteiger partial charge is 0.417 e.